The topological polar surface area (TPSA) is 31.4 Å². The summed E-state index contributed by atoms with van der Waals surface area (Å²) in [4.78, 5) is 4.80. The number of pyridine rings is 1. The molecule has 146 valence electrons. The zero-order chi connectivity index (χ0) is 20.1. The second-order valence-electron chi connectivity index (χ2n) is 7.06. The molecule has 0 N–H and O–H groups in total. The SMILES string of the molecule is CCCCOc1ccc(-c2ccc(-c3ccc4cc(OC)ccc4n3)cc2)cc1. The van der Waals surface area contributed by atoms with Gasteiger partial charge in [-0.2, -0.15) is 0 Å². The summed E-state index contributed by atoms with van der Waals surface area (Å²) in [5.74, 6) is 1.77. The van der Waals surface area contributed by atoms with E-state index in [2.05, 4.69) is 55.5 Å². The Kier molecular flexibility index (Phi) is 5.76. The van der Waals surface area contributed by atoms with Crippen molar-refractivity contribution in [2.24, 2.45) is 0 Å². The molecule has 3 aromatic carbocycles. The minimum absolute atomic E-state index is 0.774. The van der Waals surface area contributed by atoms with Gasteiger partial charge in [0.25, 0.3) is 0 Å². The Balaban J connectivity index is 1.52. The summed E-state index contributed by atoms with van der Waals surface area (Å²) in [7, 11) is 1.68. The molecule has 3 heteroatoms. The average Bonchev–Trinajstić information content (AvgIpc) is 2.79. The summed E-state index contributed by atoms with van der Waals surface area (Å²) in [5.41, 5.74) is 5.39. The van der Waals surface area contributed by atoms with Crippen molar-refractivity contribution < 1.29 is 9.47 Å². The van der Waals surface area contributed by atoms with E-state index in [1.165, 1.54) is 11.1 Å². The van der Waals surface area contributed by atoms with Gasteiger partial charge in [0.1, 0.15) is 11.5 Å². The summed E-state index contributed by atoms with van der Waals surface area (Å²) >= 11 is 0. The maximum atomic E-state index is 5.75. The molecule has 4 rings (SSSR count). The first-order valence-electron chi connectivity index (χ1n) is 10.1. The predicted octanol–water partition coefficient (Wildman–Crippen LogP) is 6.76. The second-order valence-corrected chi connectivity index (χ2v) is 7.06. The summed E-state index contributed by atoms with van der Waals surface area (Å²) in [6.45, 7) is 2.94. The minimum atomic E-state index is 0.774. The number of ether oxygens (including phenoxy) is 2. The van der Waals surface area contributed by atoms with E-state index in [1.54, 1.807) is 7.11 Å². The molecule has 1 aromatic heterocycles. The maximum Gasteiger partial charge on any atom is 0.119 e. The molecule has 0 amide bonds. The van der Waals surface area contributed by atoms with Crippen LogP contribution in [0.25, 0.3) is 33.3 Å². The normalized spacial score (nSPS) is 10.8. The number of fused-ring (bicyclic) bond motifs is 1. The highest BCUT2D eigenvalue weighted by atomic mass is 16.5. The Bertz CT molecular complexity index is 1090. The number of benzene rings is 3. The van der Waals surface area contributed by atoms with Crippen molar-refractivity contribution in [1.29, 1.82) is 0 Å². The van der Waals surface area contributed by atoms with Crippen LogP contribution in [0, 0.1) is 0 Å². The van der Waals surface area contributed by atoms with Crippen LogP contribution < -0.4 is 9.47 Å². The number of nitrogens with zero attached hydrogens (tertiary/aromatic N) is 1. The molecule has 0 saturated carbocycles. The van der Waals surface area contributed by atoms with E-state index in [4.69, 9.17) is 14.5 Å². The third-order valence-electron chi connectivity index (χ3n) is 5.03. The monoisotopic (exact) mass is 383 g/mol. The molecule has 1 heterocycles. The highest BCUT2D eigenvalue weighted by molar-refractivity contribution is 5.83. The Hall–Kier alpha value is -3.33. The fourth-order valence-electron chi connectivity index (χ4n) is 3.30. The number of unbranched alkanes of at least 4 members (excludes halogenated alkanes) is 1. The third-order valence-corrected chi connectivity index (χ3v) is 5.03. The predicted molar refractivity (Wildman–Crippen MR) is 120 cm³/mol. The van der Waals surface area contributed by atoms with Crippen LogP contribution in [0.15, 0.2) is 78.9 Å². The summed E-state index contributed by atoms with van der Waals surface area (Å²) in [6, 6.07) is 26.9. The summed E-state index contributed by atoms with van der Waals surface area (Å²) < 4.78 is 11.0. The number of methoxy groups -OCH3 is 1. The quantitative estimate of drug-likeness (QED) is 0.331. The Labute approximate surface area is 171 Å². The molecule has 0 atom stereocenters. The second kappa shape index (κ2) is 8.78. The molecule has 4 aromatic rings. The van der Waals surface area contributed by atoms with Crippen molar-refractivity contribution in [3.8, 4) is 33.9 Å². The van der Waals surface area contributed by atoms with E-state index < -0.39 is 0 Å². The van der Waals surface area contributed by atoms with E-state index in [0.29, 0.717) is 0 Å². The number of hydrogen-bond acceptors (Lipinski definition) is 3. The maximum absolute atomic E-state index is 5.75. The lowest BCUT2D eigenvalue weighted by Crippen LogP contribution is -1.95. The zero-order valence-corrected chi connectivity index (χ0v) is 16.9. The summed E-state index contributed by atoms with van der Waals surface area (Å²) in [6.07, 6.45) is 2.23. The van der Waals surface area contributed by atoms with E-state index in [0.717, 1.165) is 53.1 Å². The molecule has 0 radical (unpaired) electrons. The lowest BCUT2D eigenvalue weighted by atomic mass is 10.0. The van der Waals surface area contributed by atoms with Gasteiger partial charge in [-0.15, -0.1) is 0 Å². The minimum Gasteiger partial charge on any atom is -0.497 e. The third kappa shape index (κ3) is 4.40. The lowest BCUT2D eigenvalue weighted by Gasteiger charge is -2.08. The first-order valence-corrected chi connectivity index (χ1v) is 10.1. The van der Waals surface area contributed by atoms with Crippen LogP contribution >= 0.6 is 0 Å². The number of aromatic nitrogens is 1. The van der Waals surface area contributed by atoms with Crippen molar-refractivity contribution in [1.82, 2.24) is 4.98 Å². The van der Waals surface area contributed by atoms with Gasteiger partial charge in [-0.3, -0.25) is 0 Å². The van der Waals surface area contributed by atoms with Crippen molar-refractivity contribution in [3.05, 3.63) is 78.9 Å². The smallest absolute Gasteiger partial charge is 0.119 e. The molecule has 3 nitrogen and oxygen atoms in total. The molecule has 0 spiro atoms. The number of rotatable bonds is 7. The van der Waals surface area contributed by atoms with Crippen LogP contribution in [0.2, 0.25) is 0 Å². The molecular formula is C26H25NO2. The van der Waals surface area contributed by atoms with Gasteiger partial charge in [-0.1, -0.05) is 55.8 Å². The van der Waals surface area contributed by atoms with Crippen LogP contribution in [-0.2, 0) is 0 Å². The number of hydrogen-bond donors (Lipinski definition) is 0. The standard InChI is InChI=1S/C26H25NO2/c1-3-4-17-29-23-12-9-20(10-13-23)19-5-7-21(8-6-19)25-15-11-22-18-24(28-2)14-16-26(22)27-25/h5-16,18H,3-4,17H2,1-2H3. The van der Waals surface area contributed by atoms with Gasteiger partial charge in [-0.25, -0.2) is 4.98 Å². The van der Waals surface area contributed by atoms with Crippen molar-refractivity contribution in [2.75, 3.05) is 13.7 Å². The molecule has 0 saturated heterocycles. The average molecular weight is 383 g/mol. The van der Waals surface area contributed by atoms with Crippen LogP contribution in [0.5, 0.6) is 11.5 Å². The van der Waals surface area contributed by atoms with Crippen molar-refractivity contribution in [3.63, 3.8) is 0 Å². The highest BCUT2D eigenvalue weighted by Gasteiger charge is 2.05. The molecule has 0 unspecified atom stereocenters. The van der Waals surface area contributed by atoms with Gasteiger partial charge < -0.3 is 9.47 Å². The Morgan fingerprint density at radius 2 is 1.38 bits per heavy atom. The van der Waals surface area contributed by atoms with Crippen molar-refractivity contribution in [2.45, 2.75) is 19.8 Å². The van der Waals surface area contributed by atoms with E-state index in [-0.39, 0.29) is 0 Å². The fraction of sp³-hybridized carbons (Fsp3) is 0.192. The molecule has 0 aliphatic heterocycles. The first-order chi connectivity index (χ1) is 14.3. The van der Waals surface area contributed by atoms with Gasteiger partial charge in [-0.05, 0) is 53.9 Å². The van der Waals surface area contributed by atoms with Crippen LogP contribution in [-0.4, -0.2) is 18.7 Å². The molecule has 29 heavy (non-hydrogen) atoms. The van der Waals surface area contributed by atoms with Crippen LogP contribution in [0.1, 0.15) is 19.8 Å². The highest BCUT2D eigenvalue weighted by Crippen LogP contribution is 2.27. The fourth-order valence-corrected chi connectivity index (χ4v) is 3.30. The summed E-state index contributed by atoms with van der Waals surface area (Å²) in [5, 5.41) is 1.07. The molecule has 0 aliphatic carbocycles. The lowest BCUT2D eigenvalue weighted by molar-refractivity contribution is 0.309. The van der Waals surface area contributed by atoms with Crippen LogP contribution in [0.3, 0.4) is 0 Å². The molecular weight excluding hydrogens is 358 g/mol. The van der Waals surface area contributed by atoms with E-state index in [1.807, 2.05) is 30.3 Å². The zero-order valence-electron chi connectivity index (χ0n) is 16.9. The van der Waals surface area contributed by atoms with Gasteiger partial charge in [0, 0.05) is 10.9 Å². The van der Waals surface area contributed by atoms with Crippen molar-refractivity contribution >= 4 is 10.9 Å². The molecule has 0 bridgehead atoms. The molecule has 0 fully saturated rings. The van der Waals surface area contributed by atoms with E-state index >= 15 is 0 Å². The van der Waals surface area contributed by atoms with E-state index in [9.17, 15) is 0 Å². The Morgan fingerprint density at radius 3 is 2.07 bits per heavy atom. The molecule has 0 aliphatic rings. The Morgan fingerprint density at radius 1 is 0.724 bits per heavy atom. The van der Waals surface area contributed by atoms with Gasteiger partial charge in [0.05, 0.1) is 24.9 Å². The largest absolute Gasteiger partial charge is 0.497 e. The first kappa shape index (κ1) is 19.0. The van der Waals surface area contributed by atoms with Gasteiger partial charge in [0.15, 0.2) is 0 Å². The van der Waals surface area contributed by atoms with Gasteiger partial charge in [0.2, 0.25) is 0 Å². The van der Waals surface area contributed by atoms with Gasteiger partial charge >= 0.3 is 0 Å². The van der Waals surface area contributed by atoms with Crippen LogP contribution in [0.4, 0.5) is 0 Å².